The molecule has 0 aliphatic carbocycles. The Labute approximate surface area is 215 Å². The average molecular weight is 500 g/mol. The lowest BCUT2D eigenvalue weighted by Crippen LogP contribution is -2.49. The maximum atomic E-state index is 13.1. The Morgan fingerprint density at radius 1 is 0.971 bits per heavy atom. The number of carbonyl (C=O) groups excluding carboxylic acids is 2. The summed E-state index contributed by atoms with van der Waals surface area (Å²) in [6.45, 7) is 5.92. The smallest absolute Gasteiger partial charge is 0.407 e. The van der Waals surface area contributed by atoms with Gasteiger partial charge in [-0.05, 0) is 44.0 Å². The number of thioether (sulfide) groups is 1. The largest absolute Gasteiger partial charge is 0.445 e. The number of carbonyl (C=O) groups is 2. The minimum Gasteiger partial charge on any atom is -0.445 e. The highest BCUT2D eigenvalue weighted by molar-refractivity contribution is 7.99. The molecule has 1 amide bonds. The summed E-state index contributed by atoms with van der Waals surface area (Å²) >= 11 is 1.67. The van der Waals surface area contributed by atoms with Gasteiger partial charge in [-0.15, -0.1) is 0 Å². The van der Waals surface area contributed by atoms with Gasteiger partial charge in [0.05, 0.1) is 11.8 Å². The maximum absolute atomic E-state index is 13.1. The zero-order valence-corrected chi connectivity index (χ0v) is 22.4. The van der Waals surface area contributed by atoms with Crippen molar-refractivity contribution in [3.05, 3.63) is 71.8 Å². The number of hydrogen-bond acceptors (Lipinski definition) is 6. The molecule has 192 valence electrons. The third kappa shape index (κ3) is 12.8. The van der Waals surface area contributed by atoms with Gasteiger partial charge in [0, 0.05) is 24.9 Å². The first-order chi connectivity index (χ1) is 16.8. The summed E-state index contributed by atoms with van der Waals surface area (Å²) in [4.78, 5) is 27.7. The molecule has 0 saturated heterocycles. The van der Waals surface area contributed by atoms with Crippen LogP contribution >= 0.6 is 11.8 Å². The van der Waals surface area contributed by atoms with Gasteiger partial charge in [-0.25, -0.2) is 4.79 Å². The number of alkyl carbamates (subject to hydrolysis) is 1. The minimum absolute atomic E-state index is 0.134. The topological polar surface area (TPSA) is 70.7 Å². The molecule has 0 saturated carbocycles. The normalized spacial score (nSPS) is 13.0. The van der Waals surface area contributed by atoms with E-state index in [-0.39, 0.29) is 24.5 Å². The Balaban J connectivity index is 1.95. The maximum Gasteiger partial charge on any atom is 0.407 e. The lowest BCUT2D eigenvalue weighted by atomic mass is 10.0. The molecule has 2 atom stereocenters. The summed E-state index contributed by atoms with van der Waals surface area (Å²) in [5.74, 6) is 1.97. The number of ether oxygens (including phenoxy) is 1. The van der Waals surface area contributed by atoms with Gasteiger partial charge in [0.15, 0.2) is 5.78 Å². The van der Waals surface area contributed by atoms with Crippen LogP contribution in [0.3, 0.4) is 0 Å². The van der Waals surface area contributed by atoms with E-state index in [0.29, 0.717) is 24.6 Å². The van der Waals surface area contributed by atoms with Crippen molar-refractivity contribution in [3.63, 3.8) is 0 Å². The number of nitrogens with one attached hydrogen (secondary N) is 2. The molecule has 0 heterocycles. The van der Waals surface area contributed by atoms with E-state index >= 15 is 0 Å². The van der Waals surface area contributed by atoms with E-state index in [1.807, 2.05) is 74.8 Å². The highest BCUT2D eigenvalue weighted by atomic mass is 32.2. The van der Waals surface area contributed by atoms with Crippen LogP contribution in [0.4, 0.5) is 4.79 Å². The molecular weight excluding hydrogens is 458 g/mol. The van der Waals surface area contributed by atoms with Gasteiger partial charge in [0.2, 0.25) is 0 Å². The van der Waals surface area contributed by atoms with Crippen LogP contribution in [0.5, 0.6) is 0 Å². The molecular formula is C28H41N3O3S. The number of hydrogen-bond donors (Lipinski definition) is 2. The summed E-state index contributed by atoms with van der Waals surface area (Å²) in [7, 11) is 4.07. The Bertz CT molecular complexity index is 862. The first-order valence-corrected chi connectivity index (χ1v) is 13.5. The van der Waals surface area contributed by atoms with Crippen molar-refractivity contribution in [2.24, 2.45) is 5.92 Å². The van der Waals surface area contributed by atoms with Crippen LogP contribution in [0.2, 0.25) is 0 Å². The van der Waals surface area contributed by atoms with Crippen molar-refractivity contribution in [2.75, 3.05) is 38.7 Å². The second-order valence-electron chi connectivity index (χ2n) is 9.51. The third-order valence-electron chi connectivity index (χ3n) is 5.50. The van der Waals surface area contributed by atoms with Gasteiger partial charge in [-0.3, -0.25) is 4.79 Å². The molecule has 0 aliphatic rings. The van der Waals surface area contributed by atoms with E-state index in [1.54, 1.807) is 11.8 Å². The predicted octanol–water partition coefficient (Wildman–Crippen LogP) is 4.39. The fraction of sp³-hybridized carbons (Fsp3) is 0.500. The number of nitrogens with zero attached hydrogens (tertiary/aromatic N) is 1. The van der Waals surface area contributed by atoms with Crippen molar-refractivity contribution in [1.82, 2.24) is 15.5 Å². The minimum atomic E-state index is -0.438. The molecule has 2 aromatic rings. The van der Waals surface area contributed by atoms with Crippen molar-refractivity contribution in [3.8, 4) is 0 Å². The molecule has 0 spiro atoms. The fourth-order valence-corrected chi connectivity index (χ4v) is 4.69. The molecule has 35 heavy (non-hydrogen) atoms. The number of ketones is 1. The standard InChI is InChI=1S/C28H41N3O3S/c1-22(2)17-25(30-28(33)34-20-24-13-9-6-10-14-24)19-29-26(18-23-11-7-5-8-12-23)27(32)21-35-16-15-31(3)4/h5-14,22,25-26,29H,15-21H2,1-4H3,(H,30,33). The Morgan fingerprint density at radius 3 is 2.20 bits per heavy atom. The quantitative estimate of drug-likeness (QED) is 0.334. The summed E-state index contributed by atoms with van der Waals surface area (Å²) in [6.07, 6.45) is 0.976. The first-order valence-electron chi connectivity index (χ1n) is 12.3. The molecule has 0 fully saturated rings. The second kappa shape index (κ2) is 16.3. The molecule has 7 heteroatoms. The van der Waals surface area contributed by atoms with Crippen LogP contribution in [0, 0.1) is 5.92 Å². The van der Waals surface area contributed by atoms with Crippen LogP contribution in [0.1, 0.15) is 31.4 Å². The van der Waals surface area contributed by atoms with Crippen molar-refractivity contribution < 1.29 is 14.3 Å². The van der Waals surface area contributed by atoms with Crippen LogP contribution < -0.4 is 10.6 Å². The Kier molecular flexibility index (Phi) is 13.5. The molecule has 2 unspecified atom stereocenters. The number of benzene rings is 2. The van der Waals surface area contributed by atoms with E-state index in [2.05, 4.69) is 29.4 Å². The zero-order chi connectivity index (χ0) is 25.5. The van der Waals surface area contributed by atoms with E-state index in [1.165, 1.54) is 0 Å². The van der Waals surface area contributed by atoms with E-state index in [0.717, 1.165) is 29.8 Å². The molecule has 0 bridgehead atoms. The van der Waals surface area contributed by atoms with E-state index < -0.39 is 6.09 Å². The Hall–Kier alpha value is -2.35. The number of rotatable bonds is 16. The summed E-state index contributed by atoms with van der Waals surface area (Å²) in [5.41, 5.74) is 2.06. The third-order valence-corrected chi connectivity index (χ3v) is 6.46. The molecule has 0 aromatic heterocycles. The highest BCUT2D eigenvalue weighted by Gasteiger charge is 2.22. The summed E-state index contributed by atoms with van der Waals surface area (Å²) in [6, 6.07) is 19.3. The van der Waals surface area contributed by atoms with Crippen LogP contribution in [0.25, 0.3) is 0 Å². The van der Waals surface area contributed by atoms with Gasteiger partial charge in [-0.1, -0.05) is 74.5 Å². The van der Waals surface area contributed by atoms with Crippen molar-refractivity contribution in [1.29, 1.82) is 0 Å². The zero-order valence-electron chi connectivity index (χ0n) is 21.5. The summed E-state index contributed by atoms with van der Waals surface area (Å²) < 4.78 is 5.42. The molecule has 0 aliphatic heterocycles. The average Bonchev–Trinajstić information content (AvgIpc) is 2.83. The monoisotopic (exact) mass is 499 g/mol. The van der Waals surface area contributed by atoms with Crippen molar-refractivity contribution >= 4 is 23.6 Å². The highest BCUT2D eigenvalue weighted by Crippen LogP contribution is 2.10. The van der Waals surface area contributed by atoms with Crippen LogP contribution in [-0.2, 0) is 22.6 Å². The van der Waals surface area contributed by atoms with Crippen molar-refractivity contribution in [2.45, 2.75) is 45.4 Å². The Morgan fingerprint density at radius 2 is 1.60 bits per heavy atom. The van der Waals surface area contributed by atoms with Gasteiger partial charge in [-0.2, -0.15) is 11.8 Å². The first kappa shape index (κ1) is 28.9. The summed E-state index contributed by atoms with van der Waals surface area (Å²) in [5, 5.41) is 6.45. The van der Waals surface area contributed by atoms with Crippen LogP contribution in [0.15, 0.2) is 60.7 Å². The fourth-order valence-electron chi connectivity index (χ4n) is 3.65. The van der Waals surface area contributed by atoms with E-state index in [4.69, 9.17) is 4.74 Å². The molecule has 2 aromatic carbocycles. The van der Waals surface area contributed by atoms with Gasteiger partial charge in [0.1, 0.15) is 6.61 Å². The van der Waals surface area contributed by atoms with Gasteiger partial charge >= 0.3 is 6.09 Å². The molecule has 0 radical (unpaired) electrons. The molecule has 2 rings (SSSR count). The molecule has 2 N–H and O–H groups in total. The van der Waals surface area contributed by atoms with Crippen LogP contribution in [-0.4, -0.2) is 67.6 Å². The number of amides is 1. The number of Topliss-reactive ketones (excluding diaryl/α,β-unsaturated/α-hetero) is 1. The second-order valence-corrected chi connectivity index (χ2v) is 10.6. The SMILES string of the molecule is CC(C)CC(CNC(Cc1ccccc1)C(=O)CSCCN(C)C)NC(=O)OCc1ccccc1. The predicted molar refractivity (Wildman–Crippen MR) is 146 cm³/mol. The van der Waals surface area contributed by atoms with E-state index in [9.17, 15) is 9.59 Å². The lowest BCUT2D eigenvalue weighted by Gasteiger charge is -2.24. The lowest BCUT2D eigenvalue weighted by molar-refractivity contribution is -0.118. The molecule has 6 nitrogen and oxygen atoms in total. The van der Waals surface area contributed by atoms with Gasteiger partial charge < -0.3 is 20.3 Å². The van der Waals surface area contributed by atoms with Gasteiger partial charge in [0.25, 0.3) is 0 Å².